The van der Waals surface area contributed by atoms with Crippen molar-refractivity contribution in [1.82, 2.24) is 9.62 Å². The highest BCUT2D eigenvalue weighted by Crippen LogP contribution is 2.33. The van der Waals surface area contributed by atoms with E-state index in [0.717, 1.165) is 5.56 Å². The number of benzene rings is 1. The van der Waals surface area contributed by atoms with Gasteiger partial charge in [0.1, 0.15) is 19.3 Å². The Morgan fingerprint density at radius 3 is 2.55 bits per heavy atom. The van der Waals surface area contributed by atoms with E-state index < -0.39 is 6.04 Å². The average Bonchev–Trinajstić information content (AvgIpc) is 2.49. The first-order valence-electron chi connectivity index (χ1n) is 6.79. The summed E-state index contributed by atoms with van der Waals surface area (Å²) in [5.74, 6) is 1.39. The minimum absolute atomic E-state index is 0.00155. The Balaban J connectivity index is 2.25. The Kier molecular flexibility index (Phi) is 5.14. The number of amides is 1. The first kappa shape index (κ1) is 15.0. The third-order valence-corrected chi connectivity index (χ3v) is 3.61. The Hall–Kier alpha value is -1.40. The van der Waals surface area contributed by atoms with Crippen molar-refractivity contribution in [2.75, 3.05) is 26.3 Å². The predicted octanol–water partition coefficient (Wildman–Crippen LogP) is 1.80. The first-order chi connectivity index (χ1) is 9.71. The fraction of sp³-hybridized carbons (Fsp3) is 0.500. The number of nitrogens with one attached hydrogen (secondary N) is 1. The molecule has 0 fully saturated rings. The second-order valence-corrected chi connectivity index (χ2v) is 4.73. The molecule has 0 unspecified atom stereocenters. The van der Waals surface area contributed by atoms with Crippen molar-refractivity contribution in [3.63, 3.8) is 0 Å². The van der Waals surface area contributed by atoms with Gasteiger partial charge in [0.2, 0.25) is 5.91 Å². The van der Waals surface area contributed by atoms with Crippen LogP contribution in [-0.4, -0.2) is 37.1 Å². The van der Waals surface area contributed by atoms with Crippen LogP contribution in [0.15, 0.2) is 18.2 Å². The zero-order chi connectivity index (χ0) is 14.5. The van der Waals surface area contributed by atoms with Gasteiger partial charge in [-0.3, -0.25) is 9.52 Å². The molecule has 1 atom stereocenters. The molecule has 1 aromatic rings. The molecule has 0 radical (unpaired) electrons. The summed E-state index contributed by atoms with van der Waals surface area (Å²) in [7, 11) is 0. The molecule has 2 rings (SSSR count). The fourth-order valence-corrected chi connectivity index (χ4v) is 2.49. The van der Waals surface area contributed by atoms with E-state index in [-0.39, 0.29) is 5.91 Å². The number of carbonyl (C=O) groups excluding carboxylic acids is 1. The molecule has 1 N–H and O–H groups in total. The molecule has 0 spiro atoms. The van der Waals surface area contributed by atoms with Crippen molar-refractivity contribution < 1.29 is 14.3 Å². The number of hydrogen-bond donors (Lipinski definition) is 2. The van der Waals surface area contributed by atoms with Gasteiger partial charge in [0.25, 0.3) is 0 Å². The highest BCUT2D eigenvalue weighted by Gasteiger charge is 2.25. The van der Waals surface area contributed by atoms with Crippen LogP contribution in [-0.2, 0) is 4.79 Å². The number of hydrogen-bond acceptors (Lipinski definition) is 5. The average molecular weight is 296 g/mol. The van der Waals surface area contributed by atoms with Crippen LogP contribution in [0, 0.1) is 0 Å². The van der Waals surface area contributed by atoms with Gasteiger partial charge in [-0.1, -0.05) is 18.9 Å². The summed E-state index contributed by atoms with van der Waals surface area (Å²) in [4.78, 5) is 14.2. The number of thiol groups is 1. The molecule has 0 aliphatic carbocycles. The monoisotopic (exact) mass is 296 g/mol. The lowest BCUT2D eigenvalue weighted by molar-refractivity contribution is -0.132. The predicted molar refractivity (Wildman–Crippen MR) is 80.2 cm³/mol. The van der Waals surface area contributed by atoms with Crippen molar-refractivity contribution in [2.45, 2.75) is 19.9 Å². The van der Waals surface area contributed by atoms with Gasteiger partial charge >= 0.3 is 0 Å². The van der Waals surface area contributed by atoms with Crippen LogP contribution in [0.3, 0.4) is 0 Å². The standard InChI is InChI=1S/C14H20N2O3S/c1-3-16(4-2)14(17)13(15-20)10-5-6-11-12(9-10)19-8-7-18-11/h5-6,9,13,15,20H,3-4,7-8H2,1-2H3/t13-/m1/s1. The summed E-state index contributed by atoms with van der Waals surface area (Å²) in [5, 5.41) is 0. The molecule has 1 aromatic carbocycles. The minimum Gasteiger partial charge on any atom is -0.486 e. The van der Waals surface area contributed by atoms with Crippen LogP contribution in [0.2, 0.25) is 0 Å². The summed E-state index contributed by atoms with van der Waals surface area (Å²) >= 11 is 4.10. The highest BCUT2D eigenvalue weighted by molar-refractivity contribution is 7.78. The van der Waals surface area contributed by atoms with E-state index in [0.29, 0.717) is 37.8 Å². The van der Waals surface area contributed by atoms with E-state index in [1.807, 2.05) is 32.0 Å². The van der Waals surface area contributed by atoms with Crippen LogP contribution in [0.1, 0.15) is 25.5 Å². The lowest BCUT2D eigenvalue weighted by Crippen LogP contribution is -2.38. The van der Waals surface area contributed by atoms with Gasteiger partial charge in [0.05, 0.1) is 0 Å². The topological polar surface area (TPSA) is 50.8 Å². The van der Waals surface area contributed by atoms with Crippen LogP contribution >= 0.6 is 12.8 Å². The van der Waals surface area contributed by atoms with Crippen LogP contribution in [0.5, 0.6) is 11.5 Å². The molecule has 1 amide bonds. The molecular formula is C14H20N2O3S. The number of rotatable bonds is 5. The molecule has 20 heavy (non-hydrogen) atoms. The summed E-state index contributed by atoms with van der Waals surface area (Å²) in [6.45, 7) is 6.34. The SMILES string of the molecule is CCN(CC)C(=O)[C@H](NS)c1ccc2c(c1)OCCO2. The van der Waals surface area contributed by atoms with Crippen molar-refractivity contribution in [3.8, 4) is 11.5 Å². The maximum Gasteiger partial charge on any atom is 0.245 e. The molecule has 0 bridgehead atoms. The van der Waals surface area contributed by atoms with Crippen molar-refractivity contribution in [2.24, 2.45) is 0 Å². The van der Waals surface area contributed by atoms with E-state index in [9.17, 15) is 4.79 Å². The van der Waals surface area contributed by atoms with Gasteiger partial charge in [-0.25, -0.2) is 0 Å². The smallest absolute Gasteiger partial charge is 0.245 e. The van der Waals surface area contributed by atoms with E-state index in [1.165, 1.54) is 0 Å². The van der Waals surface area contributed by atoms with Gasteiger partial charge < -0.3 is 14.4 Å². The maximum atomic E-state index is 12.4. The lowest BCUT2D eigenvalue weighted by atomic mass is 10.1. The van der Waals surface area contributed by atoms with Crippen molar-refractivity contribution in [1.29, 1.82) is 0 Å². The molecule has 0 aromatic heterocycles. The van der Waals surface area contributed by atoms with Crippen LogP contribution in [0.4, 0.5) is 0 Å². The molecule has 5 nitrogen and oxygen atoms in total. The zero-order valence-corrected chi connectivity index (χ0v) is 12.7. The molecule has 0 saturated heterocycles. The minimum atomic E-state index is -0.492. The number of carbonyl (C=O) groups is 1. The number of likely N-dealkylation sites (N-methyl/N-ethyl adjacent to an activating group) is 1. The van der Waals surface area contributed by atoms with E-state index in [4.69, 9.17) is 9.47 Å². The van der Waals surface area contributed by atoms with Gasteiger partial charge in [-0.2, -0.15) is 0 Å². The second-order valence-electron chi connectivity index (χ2n) is 4.48. The molecule has 0 saturated carbocycles. The molecule has 6 heteroatoms. The summed E-state index contributed by atoms with van der Waals surface area (Å²) < 4.78 is 13.8. The summed E-state index contributed by atoms with van der Waals surface area (Å²) in [6, 6.07) is 5.04. The quantitative estimate of drug-likeness (QED) is 0.814. The van der Waals surface area contributed by atoms with Crippen molar-refractivity contribution >= 4 is 18.7 Å². The number of ether oxygens (including phenoxy) is 2. The largest absolute Gasteiger partial charge is 0.486 e. The van der Waals surface area contributed by atoms with E-state index >= 15 is 0 Å². The third-order valence-electron chi connectivity index (χ3n) is 3.35. The molecule has 1 aliphatic rings. The Morgan fingerprint density at radius 2 is 1.95 bits per heavy atom. The van der Waals surface area contributed by atoms with E-state index in [1.54, 1.807) is 4.90 Å². The van der Waals surface area contributed by atoms with Gasteiger partial charge in [0, 0.05) is 13.1 Å². The number of nitrogens with zero attached hydrogens (tertiary/aromatic N) is 1. The molecular weight excluding hydrogens is 276 g/mol. The first-order valence-corrected chi connectivity index (χ1v) is 7.23. The normalized spacial score (nSPS) is 14.8. The lowest BCUT2D eigenvalue weighted by Gasteiger charge is -2.26. The Bertz CT molecular complexity index is 477. The maximum absolute atomic E-state index is 12.4. The zero-order valence-electron chi connectivity index (χ0n) is 11.8. The van der Waals surface area contributed by atoms with Gasteiger partial charge in [-0.15, -0.1) is 0 Å². The second kappa shape index (κ2) is 6.85. The highest BCUT2D eigenvalue weighted by atomic mass is 32.1. The Morgan fingerprint density at radius 1 is 1.30 bits per heavy atom. The van der Waals surface area contributed by atoms with Crippen LogP contribution in [0.25, 0.3) is 0 Å². The molecule has 110 valence electrons. The Labute approximate surface area is 124 Å². The van der Waals surface area contributed by atoms with Crippen LogP contribution < -0.4 is 14.2 Å². The number of fused-ring (bicyclic) bond motifs is 1. The van der Waals surface area contributed by atoms with Crippen molar-refractivity contribution in [3.05, 3.63) is 23.8 Å². The molecule has 1 heterocycles. The van der Waals surface area contributed by atoms with Gasteiger partial charge in [0.15, 0.2) is 11.5 Å². The van der Waals surface area contributed by atoms with Gasteiger partial charge in [-0.05, 0) is 31.5 Å². The summed E-state index contributed by atoms with van der Waals surface area (Å²) in [6.07, 6.45) is 0. The summed E-state index contributed by atoms with van der Waals surface area (Å²) in [5.41, 5.74) is 0.821. The van der Waals surface area contributed by atoms with E-state index in [2.05, 4.69) is 17.5 Å². The fourth-order valence-electron chi connectivity index (χ4n) is 2.23. The molecule has 1 aliphatic heterocycles. The third kappa shape index (κ3) is 3.02.